The van der Waals surface area contributed by atoms with Gasteiger partial charge < -0.3 is 14.9 Å². The average Bonchev–Trinajstić information content (AvgIpc) is 3.30. The Morgan fingerprint density at radius 2 is 2.15 bits per heavy atom. The number of hydrogen-bond donors (Lipinski definition) is 2. The molecular formula is C20H25N5O. The molecule has 2 N–H and O–H groups in total. The number of rotatable bonds is 4. The fraction of sp³-hybridized carbons (Fsp3) is 0.450. The highest BCUT2D eigenvalue weighted by molar-refractivity contribution is 5.78. The molecule has 0 aliphatic carbocycles. The van der Waals surface area contributed by atoms with Crippen LogP contribution in [0.25, 0.3) is 11.0 Å². The largest absolute Gasteiger partial charge is 0.348 e. The molecule has 0 bridgehead atoms. The molecule has 6 heteroatoms. The van der Waals surface area contributed by atoms with E-state index < -0.39 is 0 Å². The predicted molar refractivity (Wildman–Crippen MR) is 101 cm³/mol. The van der Waals surface area contributed by atoms with Gasteiger partial charge in [-0.15, -0.1) is 0 Å². The second-order valence-electron chi connectivity index (χ2n) is 7.29. The lowest BCUT2D eigenvalue weighted by atomic mass is 9.97. The number of amides is 1. The van der Waals surface area contributed by atoms with Gasteiger partial charge >= 0.3 is 0 Å². The van der Waals surface area contributed by atoms with Gasteiger partial charge in [-0.3, -0.25) is 4.79 Å². The summed E-state index contributed by atoms with van der Waals surface area (Å²) in [5.41, 5.74) is 4.52. The Labute approximate surface area is 153 Å². The summed E-state index contributed by atoms with van der Waals surface area (Å²) in [4.78, 5) is 30.2. The monoisotopic (exact) mass is 351 g/mol. The smallest absolute Gasteiger partial charge is 0.223 e. The summed E-state index contributed by atoms with van der Waals surface area (Å²) in [7, 11) is 0. The number of carbonyl (C=O) groups is 1. The van der Waals surface area contributed by atoms with E-state index in [4.69, 9.17) is 0 Å². The molecule has 1 fully saturated rings. The molecule has 1 saturated heterocycles. The van der Waals surface area contributed by atoms with E-state index in [0.29, 0.717) is 18.8 Å². The highest BCUT2D eigenvalue weighted by atomic mass is 16.2. The topological polar surface area (TPSA) is 77.7 Å². The molecule has 1 amide bonds. The number of carbonyl (C=O) groups excluding carboxylic acids is 1. The van der Waals surface area contributed by atoms with E-state index in [1.165, 1.54) is 11.1 Å². The fourth-order valence-corrected chi connectivity index (χ4v) is 3.75. The predicted octanol–water partition coefficient (Wildman–Crippen LogP) is 3.24. The second kappa shape index (κ2) is 6.94. The minimum absolute atomic E-state index is 0.203. The zero-order chi connectivity index (χ0) is 18.1. The molecule has 3 aromatic rings. The van der Waals surface area contributed by atoms with Gasteiger partial charge in [-0.1, -0.05) is 0 Å². The number of aromatic amines is 2. The summed E-state index contributed by atoms with van der Waals surface area (Å²) in [6.07, 6.45) is 6.87. The van der Waals surface area contributed by atoms with Crippen molar-refractivity contribution in [2.45, 2.75) is 45.4 Å². The van der Waals surface area contributed by atoms with Crippen molar-refractivity contribution in [3.8, 4) is 0 Å². The van der Waals surface area contributed by atoms with E-state index in [0.717, 1.165) is 48.6 Å². The summed E-state index contributed by atoms with van der Waals surface area (Å²) >= 11 is 0. The quantitative estimate of drug-likeness (QED) is 0.757. The number of nitrogens with zero attached hydrogens (tertiary/aromatic N) is 3. The normalized spacial score (nSPS) is 17.8. The minimum atomic E-state index is 0.203. The van der Waals surface area contributed by atoms with Crippen LogP contribution in [0.15, 0.2) is 24.5 Å². The van der Waals surface area contributed by atoms with Crippen molar-refractivity contribution in [1.29, 1.82) is 0 Å². The number of likely N-dealkylation sites (tertiary alicyclic amines) is 1. The Kier molecular flexibility index (Phi) is 4.49. The van der Waals surface area contributed by atoms with Crippen molar-refractivity contribution >= 4 is 16.9 Å². The molecule has 1 aromatic carbocycles. The molecule has 6 nitrogen and oxygen atoms in total. The maximum Gasteiger partial charge on any atom is 0.223 e. The lowest BCUT2D eigenvalue weighted by molar-refractivity contribution is -0.132. The molecular weight excluding hydrogens is 326 g/mol. The van der Waals surface area contributed by atoms with Crippen LogP contribution in [0.3, 0.4) is 0 Å². The summed E-state index contributed by atoms with van der Waals surface area (Å²) < 4.78 is 0. The number of aromatic nitrogens is 4. The third-order valence-corrected chi connectivity index (χ3v) is 5.40. The number of aryl methyl sites for hydroxylation is 3. The standard InChI is InChI=1S/C20H25N5O/c1-13-10-16-17(11-14(13)2)24-18(23-16)5-6-19(26)25-9-3-4-15(12-25)20-21-7-8-22-20/h7-8,10-11,15H,3-6,9,12H2,1-2H3,(H,21,22)(H,23,24)/t15-/m0/s1. The minimum Gasteiger partial charge on any atom is -0.348 e. The molecule has 2 aromatic heterocycles. The summed E-state index contributed by atoms with van der Waals surface area (Å²) in [6, 6.07) is 4.23. The zero-order valence-corrected chi connectivity index (χ0v) is 15.4. The van der Waals surface area contributed by atoms with Crippen LogP contribution in [0.2, 0.25) is 0 Å². The maximum atomic E-state index is 12.7. The third-order valence-electron chi connectivity index (χ3n) is 5.40. The van der Waals surface area contributed by atoms with Crippen LogP contribution in [0, 0.1) is 13.8 Å². The first-order valence-electron chi connectivity index (χ1n) is 9.33. The highest BCUT2D eigenvalue weighted by Crippen LogP contribution is 2.25. The molecule has 1 atom stereocenters. The molecule has 4 rings (SSSR count). The van der Waals surface area contributed by atoms with Crippen LogP contribution >= 0.6 is 0 Å². The van der Waals surface area contributed by atoms with E-state index in [1.807, 2.05) is 11.1 Å². The van der Waals surface area contributed by atoms with Gasteiger partial charge in [-0.25, -0.2) is 9.97 Å². The van der Waals surface area contributed by atoms with Crippen LogP contribution in [-0.4, -0.2) is 43.8 Å². The zero-order valence-electron chi connectivity index (χ0n) is 15.4. The summed E-state index contributed by atoms with van der Waals surface area (Å²) in [6.45, 7) is 5.79. The van der Waals surface area contributed by atoms with Crippen molar-refractivity contribution in [1.82, 2.24) is 24.8 Å². The van der Waals surface area contributed by atoms with E-state index in [1.54, 1.807) is 6.20 Å². The van der Waals surface area contributed by atoms with Crippen molar-refractivity contribution in [2.24, 2.45) is 0 Å². The van der Waals surface area contributed by atoms with Crippen LogP contribution in [-0.2, 0) is 11.2 Å². The van der Waals surface area contributed by atoms with Gasteiger partial charge in [0.1, 0.15) is 11.6 Å². The average molecular weight is 351 g/mol. The van der Waals surface area contributed by atoms with Crippen molar-refractivity contribution < 1.29 is 4.79 Å². The molecule has 0 spiro atoms. The Morgan fingerprint density at radius 1 is 1.31 bits per heavy atom. The lowest BCUT2D eigenvalue weighted by Gasteiger charge is -2.31. The molecule has 26 heavy (non-hydrogen) atoms. The second-order valence-corrected chi connectivity index (χ2v) is 7.29. The van der Waals surface area contributed by atoms with Gasteiger partial charge in [0.15, 0.2) is 0 Å². The first-order chi connectivity index (χ1) is 12.6. The molecule has 0 unspecified atom stereocenters. The number of nitrogens with one attached hydrogen (secondary N) is 2. The molecule has 0 saturated carbocycles. The van der Waals surface area contributed by atoms with Crippen LogP contribution < -0.4 is 0 Å². The summed E-state index contributed by atoms with van der Waals surface area (Å²) in [5, 5.41) is 0. The SMILES string of the molecule is Cc1cc2nc(CCC(=O)N3CCC[C@H](c4ncc[nH]4)C3)[nH]c2cc1C. The maximum absolute atomic E-state index is 12.7. The first kappa shape index (κ1) is 16.8. The molecule has 3 heterocycles. The number of H-pyrrole nitrogens is 2. The van der Waals surface area contributed by atoms with Crippen molar-refractivity contribution in [3.05, 3.63) is 47.3 Å². The van der Waals surface area contributed by atoms with Crippen molar-refractivity contribution in [3.63, 3.8) is 0 Å². The lowest BCUT2D eigenvalue weighted by Crippen LogP contribution is -2.39. The highest BCUT2D eigenvalue weighted by Gasteiger charge is 2.26. The fourth-order valence-electron chi connectivity index (χ4n) is 3.75. The van der Waals surface area contributed by atoms with E-state index in [-0.39, 0.29) is 5.91 Å². The van der Waals surface area contributed by atoms with E-state index >= 15 is 0 Å². The first-order valence-corrected chi connectivity index (χ1v) is 9.33. The van der Waals surface area contributed by atoms with Gasteiger partial charge in [-0.2, -0.15) is 0 Å². The van der Waals surface area contributed by atoms with Crippen molar-refractivity contribution in [2.75, 3.05) is 13.1 Å². The molecule has 1 aliphatic heterocycles. The van der Waals surface area contributed by atoms with Gasteiger partial charge in [-0.05, 0) is 49.9 Å². The Balaban J connectivity index is 1.39. The Bertz CT molecular complexity index is 873. The Hall–Kier alpha value is -2.63. The number of fused-ring (bicyclic) bond motifs is 1. The van der Waals surface area contributed by atoms with Gasteiger partial charge in [0, 0.05) is 44.2 Å². The van der Waals surface area contributed by atoms with Crippen LogP contribution in [0.4, 0.5) is 0 Å². The van der Waals surface area contributed by atoms with E-state index in [9.17, 15) is 4.79 Å². The van der Waals surface area contributed by atoms with Gasteiger partial charge in [0.2, 0.25) is 5.91 Å². The number of benzene rings is 1. The summed E-state index contributed by atoms with van der Waals surface area (Å²) in [5.74, 6) is 2.40. The number of hydrogen-bond acceptors (Lipinski definition) is 3. The molecule has 1 aliphatic rings. The number of imidazole rings is 2. The third kappa shape index (κ3) is 3.36. The molecule has 0 radical (unpaired) electrons. The van der Waals surface area contributed by atoms with Crippen LogP contribution in [0.5, 0.6) is 0 Å². The number of piperidine rings is 1. The van der Waals surface area contributed by atoms with Crippen LogP contribution in [0.1, 0.15) is 48.0 Å². The van der Waals surface area contributed by atoms with Gasteiger partial charge in [0.25, 0.3) is 0 Å². The Morgan fingerprint density at radius 3 is 2.96 bits per heavy atom. The van der Waals surface area contributed by atoms with Gasteiger partial charge in [0.05, 0.1) is 11.0 Å². The molecule has 136 valence electrons. The van der Waals surface area contributed by atoms with E-state index in [2.05, 4.69) is 45.9 Å².